The number of aliphatic hydroxyl groups excluding tert-OH is 2. The topological polar surface area (TPSA) is 162 Å². The highest BCUT2D eigenvalue weighted by Gasteiger charge is 2.34. The Labute approximate surface area is 298 Å². The average molecular weight is 715 g/mol. The fourth-order valence-electron chi connectivity index (χ4n) is 5.89. The van der Waals surface area contributed by atoms with Gasteiger partial charge in [-0.25, -0.2) is 0 Å². The Bertz CT molecular complexity index is 1490. The average Bonchev–Trinajstić information content (AvgIpc) is 3.55. The van der Waals surface area contributed by atoms with Crippen LogP contribution in [0.1, 0.15) is 33.1 Å². The van der Waals surface area contributed by atoms with Crippen molar-refractivity contribution in [2.75, 3.05) is 66.5 Å². The maximum absolute atomic E-state index is 14.3. The van der Waals surface area contributed by atoms with Gasteiger partial charge in [0.05, 0.1) is 25.2 Å². The van der Waals surface area contributed by atoms with E-state index in [2.05, 4.69) is 29.0 Å². The predicted octanol–water partition coefficient (Wildman–Crippen LogP) is 2.70. The van der Waals surface area contributed by atoms with Crippen molar-refractivity contribution in [2.45, 2.75) is 62.6 Å². The second-order valence-electron chi connectivity index (χ2n) is 12.6. The summed E-state index contributed by atoms with van der Waals surface area (Å²) in [5, 5.41) is 30.9. The van der Waals surface area contributed by atoms with E-state index >= 15 is 0 Å². The third kappa shape index (κ3) is 10.7. The minimum Gasteiger partial charge on any atom is -0.497 e. The zero-order chi connectivity index (χ0) is 36.0. The van der Waals surface area contributed by atoms with Gasteiger partial charge in [0, 0.05) is 58.8 Å². The normalized spacial score (nSPS) is 21.2. The summed E-state index contributed by atoms with van der Waals surface area (Å²) in [6.45, 7) is 4.85. The monoisotopic (exact) mass is 714 g/mol. The van der Waals surface area contributed by atoms with E-state index in [0.29, 0.717) is 54.8 Å². The van der Waals surface area contributed by atoms with Gasteiger partial charge in [-0.15, -0.1) is 10.2 Å². The lowest BCUT2D eigenvalue weighted by atomic mass is 10.00. The fourth-order valence-corrected chi connectivity index (χ4v) is 6.73. The van der Waals surface area contributed by atoms with Crippen molar-refractivity contribution < 1.29 is 38.7 Å². The van der Waals surface area contributed by atoms with Crippen LogP contribution in [0.15, 0.2) is 53.8 Å². The predicted molar refractivity (Wildman–Crippen MR) is 188 cm³/mol. The SMILES string of the molecule is COCC(=O)N1C[C@H](CC(C)C)N(C(=O)CSc2nnc(-c3ccccn3)n2-c2cccc(OC)c2)CCCCOC[C@@H](O)[C@@H](O)[C@H](OC)C1. The molecule has 274 valence electrons. The molecule has 0 unspecified atom stereocenters. The van der Waals surface area contributed by atoms with Gasteiger partial charge in [-0.2, -0.15) is 0 Å². The second kappa shape index (κ2) is 19.7. The van der Waals surface area contributed by atoms with Crippen LogP contribution >= 0.6 is 11.8 Å². The van der Waals surface area contributed by atoms with Gasteiger partial charge in [-0.05, 0) is 49.4 Å². The van der Waals surface area contributed by atoms with Gasteiger partial charge in [-0.3, -0.25) is 19.1 Å². The molecule has 14 nitrogen and oxygen atoms in total. The zero-order valence-electron chi connectivity index (χ0n) is 29.5. The van der Waals surface area contributed by atoms with Gasteiger partial charge in [0.1, 0.15) is 36.4 Å². The number of aromatic nitrogens is 4. The molecule has 2 aromatic heterocycles. The number of nitrogens with zero attached hydrogens (tertiary/aromatic N) is 6. The van der Waals surface area contributed by atoms with E-state index in [1.54, 1.807) is 18.2 Å². The number of pyridine rings is 1. The van der Waals surface area contributed by atoms with Crippen LogP contribution in [-0.2, 0) is 23.8 Å². The van der Waals surface area contributed by atoms with Crippen molar-refractivity contribution in [1.29, 1.82) is 0 Å². The number of benzene rings is 1. The molecule has 4 atom stereocenters. The highest BCUT2D eigenvalue weighted by molar-refractivity contribution is 7.99. The number of carbonyl (C=O) groups is 2. The molecule has 4 rings (SSSR count). The molecule has 1 fully saturated rings. The Hall–Kier alpha value is -3.60. The van der Waals surface area contributed by atoms with Crippen LogP contribution in [0, 0.1) is 5.92 Å². The maximum atomic E-state index is 14.3. The Morgan fingerprint density at radius 3 is 2.56 bits per heavy atom. The van der Waals surface area contributed by atoms with Gasteiger partial charge in [0.25, 0.3) is 0 Å². The van der Waals surface area contributed by atoms with Crippen LogP contribution in [0.5, 0.6) is 5.75 Å². The first-order valence-electron chi connectivity index (χ1n) is 16.8. The number of amides is 2. The summed E-state index contributed by atoms with van der Waals surface area (Å²) < 4.78 is 23.7. The third-order valence-corrected chi connectivity index (χ3v) is 9.34. The zero-order valence-corrected chi connectivity index (χ0v) is 30.3. The van der Waals surface area contributed by atoms with Crippen LogP contribution in [0.25, 0.3) is 17.2 Å². The molecule has 3 heterocycles. The van der Waals surface area contributed by atoms with E-state index in [1.807, 2.05) is 51.9 Å². The number of carbonyl (C=O) groups excluding carboxylic acids is 2. The Kier molecular flexibility index (Phi) is 15.4. The van der Waals surface area contributed by atoms with E-state index in [4.69, 9.17) is 18.9 Å². The fraction of sp³-hybridized carbons (Fsp3) is 0.571. The van der Waals surface area contributed by atoms with Crippen LogP contribution in [-0.4, -0.2) is 142 Å². The molecule has 1 aliphatic heterocycles. The molecule has 0 bridgehead atoms. The first-order chi connectivity index (χ1) is 24.2. The summed E-state index contributed by atoms with van der Waals surface area (Å²) in [6.07, 6.45) is 0.197. The molecule has 3 aromatic rings. The summed E-state index contributed by atoms with van der Waals surface area (Å²) in [6, 6.07) is 12.7. The molecule has 0 radical (unpaired) electrons. The third-order valence-electron chi connectivity index (χ3n) is 8.42. The molecule has 1 aromatic carbocycles. The van der Waals surface area contributed by atoms with Crippen molar-refractivity contribution in [3.63, 3.8) is 0 Å². The van der Waals surface area contributed by atoms with Crippen molar-refractivity contribution in [2.24, 2.45) is 5.92 Å². The van der Waals surface area contributed by atoms with Crippen LogP contribution < -0.4 is 4.74 Å². The number of rotatable bonds is 11. The standard InChI is InChI=1S/C35H50N6O8S/c1-24(2)17-26-19-39(31(43)22-46-3)20-30(48-5)33(45)29(42)21-49-16-9-8-15-40(26)32(44)23-50-35-38-37-34(28-13-6-7-14-36-28)41(35)25-11-10-12-27(18-25)47-4/h6-7,10-14,18,24,26,29-30,33,42,45H,8-9,15-17,19-23H2,1-5H3/t26-,29+,30+,33+/m0/s1. The smallest absolute Gasteiger partial charge is 0.248 e. The second-order valence-corrected chi connectivity index (χ2v) is 13.5. The molecule has 2 amide bonds. The van der Waals surface area contributed by atoms with Crippen LogP contribution in [0.3, 0.4) is 0 Å². The molecular weight excluding hydrogens is 664 g/mol. The molecule has 15 heteroatoms. The molecule has 0 saturated carbocycles. The molecule has 50 heavy (non-hydrogen) atoms. The molecule has 0 aliphatic carbocycles. The van der Waals surface area contributed by atoms with Gasteiger partial charge < -0.3 is 39.0 Å². The number of aliphatic hydroxyl groups is 2. The number of hydrogen-bond donors (Lipinski definition) is 2. The van der Waals surface area contributed by atoms with Gasteiger partial charge in [-0.1, -0.05) is 37.7 Å². The number of hydrogen-bond acceptors (Lipinski definition) is 12. The largest absolute Gasteiger partial charge is 0.497 e. The molecule has 0 spiro atoms. The number of ether oxygens (including phenoxy) is 4. The van der Waals surface area contributed by atoms with E-state index in [-0.39, 0.29) is 55.8 Å². The first-order valence-corrected chi connectivity index (χ1v) is 17.8. The van der Waals surface area contributed by atoms with E-state index in [9.17, 15) is 19.8 Å². The van der Waals surface area contributed by atoms with Crippen molar-refractivity contribution in [1.82, 2.24) is 29.5 Å². The molecule has 2 N–H and O–H groups in total. The summed E-state index contributed by atoms with van der Waals surface area (Å²) in [4.78, 5) is 35.6. The Morgan fingerprint density at radius 1 is 1.04 bits per heavy atom. The highest BCUT2D eigenvalue weighted by atomic mass is 32.2. The first kappa shape index (κ1) is 39.2. The summed E-state index contributed by atoms with van der Waals surface area (Å²) in [5.41, 5.74) is 1.39. The summed E-state index contributed by atoms with van der Waals surface area (Å²) in [5.74, 6) is 1.01. The van der Waals surface area contributed by atoms with Gasteiger partial charge in [0.2, 0.25) is 11.8 Å². The highest BCUT2D eigenvalue weighted by Crippen LogP contribution is 2.29. The van der Waals surface area contributed by atoms with Crippen LogP contribution in [0.4, 0.5) is 0 Å². The lowest BCUT2D eigenvalue weighted by molar-refractivity contribution is -0.145. The maximum Gasteiger partial charge on any atom is 0.248 e. The van der Waals surface area contributed by atoms with Crippen molar-refractivity contribution in [3.05, 3.63) is 48.7 Å². The lowest BCUT2D eigenvalue weighted by Gasteiger charge is -2.38. The Balaban J connectivity index is 1.66. The number of thioether (sulfide) groups is 1. The van der Waals surface area contributed by atoms with Gasteiger partial charge >= 0.3 is 0 Å². The van der Waals surface area contributed by atoms with E-state index in [0.717, 1.165) is 5.69 Å². The molecule has 1 saturated heterocycles. The quantitative estimate of drug-likeness (QED) is 0.280. The minimum absolute atomic E-state index is 0.0117. The minimum atomic E-state index is -1.30. The van der Waals surface area contributed by atoms with Crippen LogP contribution in [0.2, 0.25) is 0 Å². The summed E-state index contributed by atoms with van der Waals surface area (Å²) >= 11 is 1.27. The van der Waals surface area contributed by atoms with Gasteiger partial charge in [0.15, 0.2) is 11.0 Å². The van der Waals surface area contributed by atoms with Crippen molar-refractivity contribution >= 4 is 23.6 Å². The Morgan fingerprint density at radius 2 is 1.86 bits per heavy atom. The van der Waals surface area contributed by atoms with Crippen molar-refractivity contribution in [3.8, 4) is 23.0 Å². The molecule has 1 aliphatic rings. The van der Waals surface area contributed by atoms with E-state index < -0.39 is 18.3 Å². The molecular formula is C35H50N6O8S. The number of methoxy groups -OCH3 is 3. The lowest BCUT2D eigenvalue weighted by Crippen LogP contribution is -2.54. The summed E-state index contributed by atoms with van der Waals surface area (Å²) in [7, 11) is 4.46. The van der Waals surface area contributed by atoms with E-state index in [1.165, 1.54) is 26.0 Å².